The molecule has 0 atom stereocenters. The topological polar surface area (TPSA) is 252 Å². The fraction of sp³-hybridized carbons (Fsp3) is 0.823. The van der Waals surface area contributed by atoms with Gasteiger partial charge in [0.1, 0.15) is 11.6 Å². The molecule has 0 aromatic heterocycles. The predicted octanol–water partition coefficient (Wildman–Crippen LogP) is 12.2. The molecule has 474 valence electrons. The quantitative estimate of drug-likeness (QED) is 0.00868. The van der Waals surface area contributed by atoms with E-state index in [-0.39, 0.29) is 75.2 Å². The number of carboxylic acid groups (broad SMARTS) is 1. The first-order chi connectivity index (χ1) is 37.7. The van der Waals surface area contributed by atoms with E-state index in [9.17, 15) is 37.2 Å². The Kier molecular flexibility index (Phi) is 87.2. The minimum atomic E-state index is -3.66. The number of aliphatic carboxylic acids is 1. The average molecular weight is 1190 g/mol. The van der Waals surface area contributed by atoms with Gasteiger partial charge in [0.15, 0.2) is 0 Å². The molecule has 0 spiro atoms. The van der Waals surface area contributed by atoms with Crippen molar-refractivity contribution in [1.82, 2.24) is 0 Å². The number of unbranched alkanes of at least 4 members (excludes halogenated alkanes) is 30. The third-order valence-corrected chi connectivity index (χ3v) is 13.6. The third kappa shape index (κ3) is 88.4. The SMILES string of the molecule is C.C.COC(=O)CCCCCCC/C=C\CCCCCCCCC(=O)CCCCCCCC(=O)O.COC(=O)CCCCCCC/C=C\CCCCCCCCC(=O)CCCCCCCC(=O)OC.COS(=O)(=O)OC.O=CO[O-].[Na+]. The van der Waals surface area contributed by atoms with Gasteiger partial charge in [0.05, 0.1) is 35.5 Å². The van der Waals surface area contributed by atoms with Crippen LogP contribution < -0.4 is 34.8 Å². The number of rotatable bonds is 53. The van der Waals surface area contributed by atoms with Gasteiger partial charge in [-0.1, -0.05) is 168 Å². The monoisotopic (exact) mass is 1190 g/mol. The zero-order valence-corrected chi connectivity index (χ0v) is 53.2. The van der Waals surface area contributed by atoms with E-state index in [1.54, 1.807) is 0 Å². The van der Waals surface area contributed by atoms with Gasteiger partial charge in [0.25, 0.3) is 6.47 Å². The Balaban J connectivity index is -0.000000220. The number of carbonyl (C=O) groups is 7. The van der Waals surface area contributed by atoms with Crippen molar-refractivity contribution in [3.05, 3.63) is 24.3 Å². The van der Waals surface area contributed by atoms with Crippen LogP contribution in [0.3, 0.4) is 0 Å². The third-order valence-electron chi connectivity index (χ3n) is 12.8. The van der Waals surface area contributed by atoms with Gasteiger partial charge in [-0.05, 0) is 103 Å². The second-order valence-electron chi connectivity index (χ2n) is 19.5. The molecule has 0 saturated heterocycles. The van der Waals surface area contributed by atoms with Gasteiger partial charge in [0, 0.05) is 51.4 Å². The summed E-state index contributed by atoms with van der Waals surface area (Å²) >= 11 is 0. The van der Waals surface area contributed by atoms with Crippen molar-refractivity contribution >= 4 is 52.3 Å². The minimum absolute atomic E-state index is 0. The van der Waals surface area contributed by atoms with E-state index in [1.165, 1.54) is 137 Å². The summed E-state index contributed by atoms with van der Waals surface area (Å²) in [7, 11) is 2.72. The Bertz CT molecular complexity index is 1560. The maximum absolute atomic E-state index is 12.0. The molecule has 0 heterocycles. The fourth-order valence-corrected chi connectivity index (χ4v) is 8.19. The van der Waals surface area contributed by atoms with Crippen LogP contribution in [0.1, 0.15) is 297 Å². The Morgan fingerprint density at radius 3 is 0.716 bits per heavy atom. The molecule has 0 aromatic rings. The van der Waals surface area contributed by atoms with E-state index in [2.05, 4.69) is 51.8 Å². The minimum Gasteiger partial charge on any atom is -0.662 e. The predicted molar refractivity (Wildman–Crippen MR) is 319 cm³/mol. The summed E-state index contributed by atoms with van der Waals surface area (Å²) in [6.45, 7) is -0.181. The number of carbonyl (C=O) groups excluding carboxylic acids is 6. The molecule has 0 aliphatic heterocycles. The van der Waals surface area contributed by atoms with Gasteiger partial charge in [-0.15, -0.1) is 0 Å². The largest absolute Gasteiger partial charge is 1.00 e. The molecule has 0 radical (unpaired) electrons. The van der Waals surface area contributed by atoms with Crippen LogP contribution >= 0.6 is 0 Å². The van der Waals surface area contributed by atoms with E-state index in [0.717, 1.165) is 149 Å². The number of ketones is 2. The van der Waals surface area contributed by atoms with E-state index in [0.29, 0.717) is 37.2 Å². The first kappa shape index (κ1) is 91.7. The number of ether oxygens (including phenoxy) is 3. The van der Waals surface area contributed by atoms with Gasteiger partial charge in [0.2, 0.25) is 0 Å². The normalized spacial score (nSPS) is 10.5. The van der Waals surface area contributed by atoms with E-state index in [4.69, 9.17) is 15.2 Å². The second kappa shape index (κ2) is 77.0. The van der Waals surface area contributed by atoms with Crippen LogP contribution in [-0.2, 0) is 71.4 Å². The molecular weight excluding hydrogens is 1070 g/mol. The average Bonchev–Trinajstić information content (AvgIpc) is 3.44. The number of carboxylic acids is 1. The molecule has 0 aliphatic carbocycles. The summed E-state index contributed by atoms with van der Waals surface area (Å²) in [5.74, 6) is -0.226. The van der Waals surface area contributed by atoms with E-state index < -0.39 is 16.4 Å². The van der Waals surface area contributed by atoms with Crippen LogP contribution in [0, 0.1) is 0 Å². The van der Waals surface area contributed by atoms with Gasteiger partial charge >= 0.3 is 63.8 Å². The molecule has 0 bridgehead atoms. The van der Waals surface area contributed by atoms with Crippen LogP contribution in [-0.4, -0.2) is 91.0 Å². The van der Waals surface area contributed by atoms with Crippen molar-refractivity contribution < 1.29 is 109 Å². The molecule has 19 heteroatoms. The number of allylic oxidation sites excluding steroid dienone is 4. The maximum atomic E-state index is 12.0. The van der Waals surface area contributed by atoms with Gasteiger partial charge in [-0.25, -0.2) is 0 Å². The molecule has 17 nitrogen and oxygen atoms in total. The number of Topliss-reactive ketones (excluding diaryl/α,β-unsaturated/α-hetero) is 2. The molecule has 0 fully saturated rings. The summed E-state index contributed by atoms with van der Waals surface area (Å²) in [4.78, 5) is 78.6. The zero-order valence-electron chi connectivity index (χ0n) is 50.4. The first-order valence-electron chi connectivity index (χ1n) is 29.5. The standard InChI is InChI=1S/C29H52O5.C28H50O5.C2H6O4S.CH2O3.2CH4.Na/c1-33-28(31)25-21-17-13-11-9-7-5-3-4-6-8-10-12-15-19-23-27(30)24-20-16-14-18-22-26-29(32)34-2;1-33-28(32)25-21-17-12-10-8-6-4-2-3-5-7-9-11-14-18-22-26(29)23-19-15-13-16-20-24-27(30)31;1-5-7(3,4)6-2;2-1-4-3;;;/h3,5H,4,6-26H2,1-2H3;2,4H,3,5-25H2,1H3,(H,30,31);1-2H3;1,3H;2*1H4;/q;;;;;;+1/p-1/b5-3-;4-2-;;;;;. The molecule has 0 unspecified atom stereocenters. The number of esters is 3. The smallest absolute Gasteiger partial charge is 0.662 e. The van der Waals surface area contributed by atoms with Gasteiger partial charge < -0.3 is 29.5 Å². The zero-order chi connectivity index (χ0) is 58.9. The number of hydrogen-bond donors (Lipinski definition) is 1. The van der Waals surface area contributed by atoms with Crippen molar-refractivity contribution in [3.8, 4) is 0 Å². The van der Waals surface area contributed by atoms with Crippen LogP contribution in [0.25, 0.3) is 0 Å². The van der Waals surface area contributed by atoms with E-state index in [1.807, 2.05) is 0 Å². The van der Waals surface area contributed by atoms with Gasteiger partial charge in [-0.2, -0.15) is 8.42 Å². The maximum Gasteiger partial charge on any atom is 1.00 e. The Morgan fingerprint density at radius 1 is 0.358 bits per heavy atom. The van der Waals surface area contributed by atoms with Crippen molar-refractivity contribution in [2.75, 3.05) is 35.5 Å². The fourth-order valence-electron chi connectivity index (χ4n) is 8.05. The molecule has 1 N–H and O–H groups in total. The number of hydrogen-bond acceptors (Lipinski definition) is 16. The van der Waals surface area contributed by atoms with Crippen LogP contribution in [0.2, 0.25) is 0 Å². The number of methoxy groups -OCH3 is 3. The van der Waals surface area contributed by atoms with Crippen LogP contribution in [0.4, 0.5) is 0 Å². The van der Waals surface area contributed by atoms with Crippen molar-refractivity contribution in [3.63, 3.8) is 0 Å². The summed E-state index contributed by atoms with van der Waals surface area (Å²) in [6.07, 6.45) is 54.6. The first-order valence-corrected chi connectivity index (χ1v) is 30.9. The Labute approximate surface area is 515 Å². The van der Waals surface area contributed by atoms with E-state index >= 15 is 0 Å². The summed E-state index contributed by atoms with van der Waals surface area (Å²) < 4.78 is 41.4. The van der Waals surface area contributed by atoms with Crippen molar-refractivity contribution in [1.29, 1.82) is 0 Å². The summed E-state index contributed by atoms with van der Waals surface area (Å²) in [6, 6.07) is 0. The molecule has 0 amide bonds. The Morgan fingerprint density at radius 2 is 0.543 bits per heavy atom. The Hall–Kier alpha value is -3.00. The summed E-state index contributed by atoms with van der Waals surface area (Å²) in [5.41, 5.74) is 0. The molecule has 0 aromatic carbocycles. The van der Waals surface area contributed by atoms with Gasteiger partial charge in [-0.3, -0.25) is 41.9 Å². The van der Waals surface area contributed by atoms with Crippen LogP contribution in [0.5, 0.6) is 0 Å². The van der Waals surface area contributed by atoms with Crippen LogP contribution in [0.15, 0.2) is 24.3 Å². The molecule has 0 rings (SSSR count). The molecule has 0 saturated carbocycles. The second-order valence-corrected chi connectivity index (χ2v) is 21.0. The van der Waals surface area contributed by atoms with Crippen molar-refractivity contribution in [2.45, 2.75) is 297 Å². The molecule has 0 aliphatic rings. The molecule has 81 heavy (non-hydrogen) atoms. The summed E-state index contributed by atoms with van der Waals surface area (Å²) in [5, 5.41) is 17.0. The van der Waals surface area contributed by atoms with Crippen molar-refractivity contribution in [2.24, 2.45) is 0 Å². The molecular formula is C62H117NaO17S.